The number of benzene rings is 2. The summed E-state index contributed by atoms with van der Waals surface area (Å²) in [6, 6.07) is 20.8. The molecule has 0 atom stereocenters. The lowest BCUT2D eigenvalue weighted by Gasteiger charge is -2.17. The third-order valence-electron chi connectivity index (χ3n) is 4.40. The zero-order chi connectivity index (χ0) is 17.1. The van der Waals surface area contributed by atoms with Gasteiger partial charge in [0.2, 0.25) is 0 Å². The molecule has 0 spiro atoms. The molecule has 0 saturated heterocycles. The van der Waals surface area contributed by atoms with E-state index in [4.69, 9.17) is 9.97 Å². The van der Waals surface area contributed by atoms with Crippen LogP contribution in [0, 0.1) is 6.92 Å². The summed E-state index contributed by atoms with van der Waals surface area (Å²) in [5.41, 5.74) is 6.59. The van der Waals surface area contributed by atoms with E-state index < -0.39 is 0 Å². The van der Waals surface area contributed by atoms with Gasteiger partial charge in [0.05, 0.1) is 11.4 Å². The highest BCUT2D eigenvalue weighted by molar-refractivity contribution is 5.91. The third-order valence-corrected chi connectivity index (χ3v) is 4.40. The molecule has 25 heavy (non-hydrogen) atoms. The van der Waals surface area contributed by atoms with Crippen molar-refractivity contribution in [3.63, 3.8) is 0 Å². The summed E-state index contributed by atoms with van der Waals surface area (Å²) in [6.07, 6.45) is 8.89. The molecule has 1 aliphatic carbocycles. The van der Waals surface area contributed by atoms with Crippen molar-refractivity contribution in [2.75, 3.05) is 0 Å². The molecule has 1 heterocycles. The first kappa shape index (κ1) is 15.5. The number of hydrogen-bond donors (Lipinski definition) is 0. The van der Waals surface area contributed by atoms with Crippen LogP contribution in [0.25, 0.3) is 28.1 Å². The van der Waals surface area contributed by atoms with Gasteiger partial charge in [0.15, 0.2) is 0 Å². The van der Waals surface area contributed by atoms with Gasteiger partial charge < -0.3 is 0 Å². The molecule has 0 fully saturated rings. The van der Waals surface area contributed by atoms with Crippen molar-refractivity contribution < 1.29 is 0 Å². The molecular formula is C23H20N2. The number of allylic oxidation sites excluding steroid dienone is 4. The first-order valence-electron chi connectivity index (χ1n) is 8.69. The molecular weight excluding hydrogens is 304 g/mol. The first-order valence-corrected chi connectivity index (χ1v) is 8.69. The van der Waals surface area contributed by atoms with Crippen LogP contribution in [0.5, 0.6) is 0 Å². The van der Waals surface area contributed by atoms with Crippen molar-refractivity contribution in [3.8, 4) is 22.5 Å². The topological polar surface area (TPSA) is 25.8 Å². The van der Waals surface area contributed by atoms with Gasteiger partial charge >= 0.3 is 0 Å². The van der Waals surface area contributed by atoms with Crippen molar-refractivity contribution in [1.29, 1.82) is 0 Å². The molecule has 0 unspecified atom stereocenters. The highest BCUT2D eigenvalue weighted by atomic mass is 14.9. The largest absolute Gasteiger partial charge is 0.233 e. The maximum atomic E-state index is 4.82. The Hall–Kier alpha value is -3.00. The van der Waals surface area contributed by atoms with Crippen LogP contribution in [-0.2, 0) is 0 Å². The summed E-state index contributed by atoms with van der Waals surface area (Å²) in [4.78, 5) is 9.64. The smallest absolute Gasteiger partial charge is 0.126 e. The summed E-state index contributed by atoms with van der Waals surface area (Å²) < 4.78 is 0. The average Bonchev–Trinajstić information content (AvgIpc) is 2.69. The lowest BCUT2D eigenvalue weighted by molar-refractivity contribution is 1.03. The standard InChI is InChI=1S/C23H20N2/c1-17-24-22(19-13-7-3-8-14-19)21(18-11-5-2-6-12-18)23(25-17)20-15-9-4-10-16-20/h3-5,7-16H,2,6H2,1H3. The Morgan fingerprint density at radius 1 is 0.720 bits per heavy atom. The quantitative estimate of drug-likeness (QED) is 0.603. The summed E-state index contributed by atoms with van der Waals surface area (Å²) in [5, 5.41) is 0. The molecule has 0 saturated carbocycles. The van der Waals surface area contributed by atoms with Crippen LogP contribution in [0.2, 0.25) is 0 Å². The average molecular weight is 324 g/mol. The predicted molar refractivity (Wildman–Crippen MR) is 104 cm³/mol. The van der Waals surface area contributed by atoms with E-state index in [0.29, 0.717) is 0 Å². The predicted octanol–water partition coefficient (Wildman–Crippen LogP) is 5.85. The Bertz CT molecular complexity index is 878. The number of nitrogens with zero attached hydrogens (tertiary/aromatic N) is 2. The molecule has 122 valence electrons. The van der Waals surface area contributed by atoms with Crippen LogP contribution in [0.15, 0.2) is 78.9 Å². The molecule has 2 nitrogen and oxygen atoms in total. The van der Waals surface area contributed by atoms with E-state index >= 15 is 0 Å². The second kappa shape index (κ2) is 6.86. The van der Waals surface area contributed by atoms with E-state index in [1.54, 1.807) is 0 Å². The molecule has 0 bridgehead atoms. The SMILES string of the molecule is Cc1nc(-c2ccccc2)c(C2=CCCC=C2)c(-c2ccccc2)n1. The van der Waals surface area contributed by atoms with Crippen LogP contribution < -0.4 is 0 Å². The molecule has 0 aliphatic heterocycles. The van der Waals surface area contributed by atoms with E-state index in [1.165, 1.54) is 5.57 Å². The van der Waals surface area contributed by atoms with Crippen LogP contribution in [0.4, 0.5) is 0 Å². The van der Waals surface area contributed by atoms with Gasteiger partial charge in [-0.2, -0.15) is 0 Å². The maximum absolute atomic E-state index is 4.82. The summed E-state index contributed by atoms with van der Waals surface area (Å²) >= 11 is 0. The van der Waals surface area contributed by atoms with Gasteiger partial charge in [-0.15, -0.1) is 0 Å². The third kappa shape index (κ3) is 3.16. The van der Waals surface area contributed by atoms with Crippen LogP contribution in [0.1, 0.15) is 24.2 Å². The minimum absolute atomic E-state index is 0.793. The molecule has 1 aliphatic rings. The Balaban J connectivity index is 2.03. The fourth-order valence-corrected chi connectivity index (χ4v) is 3.25. The van der Waals surface area contributed by atoms with E-state index in [9.17, 15) is 0 Å². The first-order chi connectivity index (χ1) is 12.3. The van der Waals surface area contributed by atoms with Crippen LogP contribution >= 0.6 is 0 Å². The summed E-state index contributed by atoms with van der Waals surface area (Å²) in [5.74, 6) is 0.793. The lowest BCUT2D eigenvalue weighted by atomic mass is 9.91. The molecule has 3 aromatic rings. The number of aryl methyl sites for hydroxylation is 1. The van der Waals surface area contributed by atoms with E-state index in [1.807, 2.05) is 19.1 Å². The monoisotopic (exact) mass is 324 g/mol. The highest BCUT2D eigenvalue weighted by Crippen LogP contribution is 2.36. The van der Waals surface area contributed by atoms with Crippen molar-refractivity contribution in [2.45, 2.75) is 19.8 Å². The molecule has 0 amide bonds. The summed E-state index contributed by atoms with van der Waals surface area (Å²) in [6.45, 7) is 1.97. The minimum Gasteiger partial charge on any atom is -0.233 e. The molecule has 2 aromatic carbocycles. The van der Waals surface area contributed by atoms with E-state index in [0.717, 1.165) is 46.7 Å². The highest BCUT2D eigenvalue weighted by Gasteiger charge is 2.19. The zero-order valence-electron chi connectivity index (χ0n) is 14.3. The van der Waals surface area contributed by atoms with Gasteiger partial charge in [-0.3, -0.25) is 0 Å². The number of hydrogen-bond acceptors (Lipinski definition) is 2. The normalized spacial score (nSPS) is 13.6. The van der Waals surface area contributed by atoms with Crippen molar-refractivity contribution >= 4 is 5.57 Å². The molecule has 4 rings (SSSR count). The Morgan fingerprint density at radius 2 is 1.28 bits per heavy atom. The minimum atomic E-state index is 0.793. The Kier molecular flexibility index (Phi) is 4.26. The second-order valence-electron chi connectivity index (χ2n) is 6.21. The molecule has 0 radical (unpaired) electrons. The van der Waals surface area contributed by atoms with E-state index in [2.05, 4.69) is 66.8 Å². The summed E-state index contributed by atoms with van der Waals surface area (Å²) in [7, 11) is 0. The molecule has 2 heteroatoms. The molecule has 1 aromatic heterocycles. The van der Waals surface area contributed by atoms with Gasteiger partial charge in [0.25, 0.3) is 0 Å². The van der Waals surface area contributed by atoms with Crippen molar-refractivity contribution in [3.05, 3.63) is 90.3 Å². The lowest BCUT2D eigenvalue weighted by Crippen LogP contribution is -2.03. The van der Waals surface area contributed by atoms with Gasteiger partial charge in [0.1, 0.15) is 5.82 Å². The van der Waals surface area contributed by atoms with Crippen molar-refractivity contribution in [2.24, 2.45) is 0 Å². The van der Waals surface area contributed by atoms with Crippen LogP contribution in [0.3, 0.4) is 0 Å². The zero-order valence-corrected chi connectivity index (χ0v) is 14.3. The maximum Gasteiger partial charge on any atom is 0.126 e. The number of aromatic nitrogens is 2. The van der Waals surface area contributed by atoms with Gasteiger partial charge in [-0.05, 0) is 25.3 Å². The van der Waals surface area contributed by atoms with Gasteiger partial charge in [-0.25, -0.2) is 9.97 Å². The number of rotatable bonds is 3. The van der Waals surface area contributed by atoms with E-state index in [-0.39, 0.29) is 0 Å². The van der Waals surface area contributed by atoms with Gasteiger partial charge in [-0.1, -0.05) is 78.9 Å². The second-order valence-corrected chi connectivity index (χ2v) is 6.21. The fourth-order valence-electron chi connectivity index (χ4n) is 3.25. The fraction of sp³-hybridized carbons (Fsp3) is 0.130. The Morgan fingerprint density at radius 3 is 1.76 bits per heavy atom. The molecule has 0 N–H and O–H groups in total. The Labute approximate surface area is 148 Å². The van der Waals surface area contributed by atoms with Gasteiger partial charge in [0, 0.05) is 16.7 Å². The van der Waals surface area contributed by atoms with Crippen LogP contribution in [-0.4, -0.2) is 9.97 Å². The van der Waals surface area contributed by atoms with Crippen molar-refractivity contribution in [1.82, 2.24) is 9.97 Å².